The normalized spacial score (nSPS) is 18.4. The van der Waals surface area contributed by atoms with Gasteiger partial charge in [-0.2, -0.15) is 5.10 Å². The zero-order chi connectivity index (χ0) is 13.2. The maximum absolute atomic E-state index is 4.61. The molecule has 102 valence electrons. The van der Waals surface area contributed by atoms with Crippen LogP contribution in [0.25, 0.3) is 0 Å². The monoisotopic (exact) mass is 313 g/mol. The first-order valence-corrected chi connectivity index (χ1v) is 7.77. The van der Waals surface area contributed by atoms with Crippen LogP contribution in [0, 0.1) is 12.3 Å². The van der Waals surface area contributed by atoms with Crippen LogP contribution in [0.1, 0.15) is 44.0 Å². The number of aromatic nitrogens is 2. The van der Waals surface area contributed by atoms with Gasteiger partial charge in [0.2, 0.25) is 0 Å². The Morgan fingerprint density at radius 3 is 2.61 bits per heavy atom. The fraction of sp³-hybridized carbons (Fsp3) is 0.786. The molecule has 1 saturated carbocycles. The fourth-order valence-electron chi connectivity index (χ4n) is 3.31. The average molecular weight is 314 g/mol. The smallest absolute Gasteiger partial charge is 0.0738 e. The summed E-state index contributed by atoms with van der Waals surface area (Å²) in [4.78, 5) is 0. The fourth-order valence-corrected chi connectivity index (χ4v) is 3.73. The van der Waals surface area contributed by atoms with E-state index in [4.69, 9.17) is 0 Å². The Morgan fingerprint density at radius 2 is 2.06 bits per heavy atom. The number of hydrogen-bond acceptors (Lipinski definition) is 2. The van der Waals surface area contributed by atoms with E-state index in [0.29, 0.717) is 5.41 Å². The van der Waals surface area contributed by atoms with Crippen molar-refractivity contribution in [2.75, 3.05) is 13.6 Å². The van der Waals surface area contributed by atoms with E-state index in [2.05, 4.69) is 51.9 Å². The lowest BCUT2D eigenvalue weighted by atomic mass is 9.81. The van der Waals surface area contributed by atoms with Crippen molar-refractivity contribution in [3.63, 3.8) is 0 Å². The predicted molar refractivity (Wildman–Crippen MR) is 78.9 cm³/mol. The summed E-state index contributed by atoms with van der Waals surface area (Å²) in [5, 5.41) is 8.00. The second kappa shape index (κ2) is 5.74. The van der Waals surface area contributed by atoms with Crippen LogP contribution < -0.4 is 5.32 Å². The molecule has 1 aromatic heterocycles. The predicted octanol–water partition coefficient (Wildman–Crippen LogP) is 3.30. The summed E-state index contributed by atoms with van der Waals surface area (Å²) < 4.78 is 3.38. The van der Waals surface area contributed by atoms with E-state index in [9.17, 15) is 0 Å². The summed E-state index contributed by atoms with van der Waals surface area (Å²) in [5.74, 6) is 0. The third kappa shape index (κ3) is 2.64. The van der Waals surface area contributed by atoms with E-state index in [1.807, 2.05) is 0 Å². The van der Waals surface area contributed by atoms with Gasteiger partial charge in [-0.1, -0.05) is 12.8 Å². The van der Waals surface area contributed by atoms with Crippen LogP contribution in [0.4, 0.5) is 0 Å². The molecule has 0 unspecified atom stereocenters. The standard InChI is InChI=1S/C14H24BrN3/c1-4-18-12(13(15)11(2)17-18)9-14(10-16-3)7-5-6-8-14/h16H,4-10H2,1-3H3. The molecule has 0 atom stereocenters. The molecule has 0 radical (unpaired) electrons. The van der Waals surface area contributed by atoms with Crippen LogP contribution in [0.3, 0.4) is 0 Å². The lowest BCUT2D eigenvalue weighted by molar-refractivity contribution is 0.277. The maximum Gasteiger partial charge on any atom is 0.0738 e. The molecule has 18 heavy (non-hydrogen) atoms. The first kappa shape index (κ1) is 14.1. The lowest BCUT2D eigenvalue weighted by Gasteiger charge is -2.29. The number of nitrogens with one attached hydrogen (secondary N) is 1. The van der Waals surface area contributed by atoms with Gasteiger partial charge >= 0.3 is 0 Å². The van der Waals surface area contributed by atoms with Gasteiger partial charge in [-0.3, -0.25) is 4.68 Å². The van der Waals surface area contributed by atoms with Crippen LogP contribution in [0.15, 0.2) is 4.47 Å². The molecule has 1 aliphatic carbocycles. The van der Waals surface area contributed by atoms with Crippen LogP contribution in [-0.4, -0.2) is 23.4 Å². The van der Waals surface area contributed by atoms with Crippen LogP contribution in [0.2, 0.25) is 0 Å². The average Bonchev–Trinajstić information content (AvgIpc) is 2.90. The van der Waals surface area contributed by atoms with Crippen molar-refractivity contribution in [2.24, 2.45) is 5.41 Å². The largest absolute Gasteiger partial charge is 0.319 e. The molecule has 0 bridgehead atoms. The number of hydrogen-bond donors (Lipinski definition) is 1. The van der Waals surface area contributed by atoms with Gasteiger partial charge in [-0.15, -0.1) is 0 Å². The molecule has 1 heterocycles. The number of aryl methyl sites for hydroxylation is 2. The molecule has 0 spiro atoms. The summed E-state index contributed by atoms with van der Waals surface area (Å²) in [6.07, 6.45) is 6.57. The van der Waals surface area contributed by atoms with E-state index >= 15 is 0 Å². The highest BCUT2D eigenvalue weighted by Crippen LogP contribution is 2.41. The third-order valence-corrected chi connectivity index (χ3v) is 5.24. The highest BCUT2D eigenvalue weighted by atomic mass is 79.9. The SMILES string of the molecule is CCn1nc(C)c(Br)c1CC1(CNC)CCCC1. The summed E-state index contributed by atoms with van der Waals surface area (Å²) in [6.45, 7) is 6.33. The van der Waals surface area contributed by atoms with E-state index in [1.165, 1.54) is 35.8 Å². The van der Waals surface area contributed by atoms with E-state index in [1.54, 1.807) is 0 Å². The maximum atomic E-state index is 4.61. The van der Waals surface area contributed by atoms with Gasteiger partial charge in [0.25, 0.3) is 0 Å². The molecule has 0 aromatic carbocycles. The molecule has 0 saturated heterocycles. The minimum atomic E-state index is 0.441. The van der Waals surface area contributed by atoms with Gasteiger partial charge < -0.3 is 5.32 Å². The zero-order valence-electron chi connectivity index (χ0n) is 11.7. The number of rotatable bonds is 5. The van der Waals surface area contributed by atoms with Gasteiger partial charge in [0.05, 0.1) is 15.9 Å². The van der Waals surface area contributed by atoms with E-state index in [0.717, 1.165) is 25.2 Å². The Bertz CT molecular complexity index is 405. The molecule has 1 aliphatic rings. The molecule has 1 aromatic rings. The van der Waals surface area contributed by atoms with Crippen molar-refractivity contribution in [1.82, 2.24) is 15.1 Å². The summed E-state index contributed by atoms with van der Waals surface area (Å²) >= 11 is 3.72. The number of nitrogens with zero attached hydrogens (tertiary/aromatic N) is 2. The summed E-state index contributed by atoms with van der Waals surface area (Å²) in [6, 6.07) is 0. The summed E-state index contributed by atoms with van der Waals surface area (Å²) in [7, 11) is 2.07. The van der Waals surface area contributed by atoms with Gasteiger partial charge in [0, 0.05) is 13.1 Å². The minimum absolute atomic E-state index is 0.441. The Balaban J connectivity index is 2.26. The molecule has 1 N–H and O–H groups in total. The summed E-state index contributed by atoms with van der Waals surface area (Å²) in [5.41, 5.74) is 2.94. The van der Waals surface area contributed by atoms with Gasteiger partial charge in [0.15, 0.2) is 0 Å². The Labute approximate surface area is 118 Å². The van der Waals surface area contributed by atoms with Crippen molar-refractivity contribution >= 4 is 15.9 Å². The molecule has 0 aliphatic heterocycles. The van der Waals surface area contributed by atoms with Crippen molar-refractivity contribution < 1.29 is 0 Å². The van der Waals surface area contributed by atoms with Crippen LogP contribution in [-0.2, 0) is 13.0 Å². The van der Waals surface area contributed by atoms with E-state index < -0.39 is 0 Å². The molecular weight excluding hydrogens is 290 g/mol. The quantitative estimate of drug-likeness (QED) is 0.904. The van der Waals surface area contributed by atoms with Crippen molar-refractivity contribution in [3.8, 4) is 0 Å². The van der Waals surface area contributed by atoms with Crippen LogP contribution >= 0.6 is 15.9 Å². The number of halogens is 1. The molecule has 1 fully saturated rings. The van der Waals surface area contributed by atoms with Crippen LogP contribution in [0.5, 0.6) is 0 Å². The first-order valence-electron chi connectivity index (χ1n) is 6.98. The molecule has 4 heteroatoms. The highest BCUT2D eigenvalue weighted by Gasteiger charge is 2.35. The van der Waals surface area contributed by atoms with Crippen molar-refractivity contribution in [1.29, 1.82) is 0 Å². The Hall–Kier alpha value is -0.350. The molecule has 0 amide bonds. The van der Waals surface area contributed by atoms with Crippen molar-refractivity contribution in [3.05, 3.63) is 15.9 Å². The van der Waals surface area contributed by atoms with Gasteiger partial charge in [0.1, 0.15) is 0 Å². The third-order valence-electron chi connectivity index (χ3n) is 4.21. The second-order valence-electron chi connectivity index (χ2n) is 5.58. The Kier molecular flexibility index (Phi) is 4.49. The lowest BCUT2D eigenvalue weighted by Crippen LogP contribution is -2.33. The first-order chi connectivity index (χ1) is 8.62. The highest BCUT2D eigenvalue weighted by molar-refractivity contribution is 9.10. The molecule has 2 rings (SSSR count). The molecular formula is C14H24BrN3. The van der Waals surface area contributed by atoms with E-state index in [-0.39, 0.29) is 0 Å². The van der Waals surface area contributed by atoms with Gasteiger partial charge in [-0.05, 0) is 61.5 Å². The second-order valence-corrected chi connectivity index (χ2v) is 6.37. The zero-order valence-corrected chi connectivity index (χ0v) is 13.3. The van der Waals surface area contributed by atoms with Gasteiger partial charge in [-0.25, -0.2) is 0 Å². The Morgan fingerprint density at radius 1 is 1.39 bits per heavy atom. The molecule has 3 nitrogen and oxygen atoms in total. The van der Waals surface area contributed by atoms with Crippen molar-refractivity contribution in [2.45, 2.75) is 52.5 Å². The minimum Gasteiger partial charge on any atom is -0.319 e. The topological polar surface area (TPSA) is 29.9 Å².